The van der Waals surface area contributed by atoms with Crippen molar-refractivity contribution < 1.29 is 29.7 Å². The average molecular weight is 207 g/mol. The molecule has 0 spiro atoms. The third-order valence-electron chi connectivity index (χ3n) is 0. The van der Waals surface area contributed by atoms with E-state index in [-0.39, 0.29) is 17.4 Å². The first-order valence-corrected chi connectivity index (χ1v) is 2.09. The Morgan fingerprint density at radius 1 is 0.692 bits per heavy atom. The topological polar surface area (TPSA) is 198 Å². The second kappa shape index (κ2) is 16.7. The van der Waals surface area contributed by atoms with Gasteiger partial charge in [0, 0.05) is 0 Å². The predicted octanol–water partition coefficient (Wildman–Crippen LogP) is -5.52. The van der Waals surface area contributed by atoms with Crippen molar-refractivity contribution in [1.82, 2.24) is 0 Å². The van der Waals surface area contributed by atoms with Crippen molar-refractivity contribution in [2.45, 2.75) is 0 Å². The van der Waals surface area contributed by atoms with Gasteiger partial charge >= 0.3 is 17.4 Å². The molecule has 0 saturated heterocycles. The number of hydrogen-bond acceptors (Lipinski definition) is 6. The average Bonchev–Trinajstić information content (AvgIpc) is 1.54. The fourth-order valence-electron chi connectivity index (χ4n) is 0. The van der Waals surface area contributed by atoms with Crippen LogP contribution in [-0.4, -0.2) is 35.6 Å². The van der Waals surface area contributed by atoms with Gasteiger partial charge in [-0.25, -0.2) is 0 Å². The quantitative estimate of drug-likeness (QED) is 0.330. The van der Waals surface area contributed by atoms with Crippen molar-refractivity contribution in [3.63, 3.8) is 0 Å². The van der Waals surface area contributed by atoms with Crippen molar-refractivity contribution in [1.29, 1.82) is 0 Å². The Morgan fingerprint density at radius 2 is 0.692 bits per heavy atom. The maximum atomic E-state index is 8.67. The summed E-state index contributed by atoms with van der Waals surface area (Å²) >= 11 is 0. The predicted molar refractivity (Wildman–Crippen MR) is 34.5 cm³/mol. The molecule has 0 aliphatic heterocycles. The molecular formula is C3H6AlN3O6. The first kappa shape index (κ1) is 22.5. The van der Waals surface area contributed by atoms with E-state index in [0.717, 1.165) is 0 Å². The summed E-state index contributed by atoms with van der Waals surface area (Å²) in [5, 5.41) is 26.0. The molecule has 0 aliphatic rings. The zero-order valence-electron chi connectivity index (χ0n) is 6.26. The van der Waals surface area contributed by atoms with Crippen LogP contribution in [0.5, 0.6) is 0 Å². The van der Waals surface area contributed by atoms with Crippen molar-refractivity contribution in [2.24, 2.45) is 17.2 Å². The van der Waals surface area contributed by atoms with E-state index in [9.17, 15) is 0 Å². The van der Waals surface area contributed by atoms with Gasteiger partial charge in [0.1, 0.15) is 18.3 Å². The van der Waals surface area contributed by atoms with Crippen LogP contribution in [0.2, 0.25) is 0 Å². The van der Waals surface area contributed by atoms with Gasteiger partial charge in [-0.3, -0.25) is 0 Å². The van der Waals surface area contributed by atoms with Gasteiger partial charge in [0.05, 0.1) is 0 Å². The Hall–Kier alpha value is -1.66. The molecule has 0 saturated carbocycles. The summed E-state index contributed by atoms with van der Waals surface area (Å²) in [6.45, 7) is 0. The SMILES string of the molecule is NC(=O)[O-].NC(=O)[O-].NC(=O)[O-].[Al+3]. The number of carbonyl (C=O) groups excluding carboxylic acids is 3. The Labute approximate surface area is 83.2 Å². The minimum Gasteiger partial charge on any atom is -0.530 e. The summed E-state index contributed by atoms with van der Waals surface area (Å²) in [7, 11) is 0. The molecule has 0 aliphatic carbocycles. The van der Waals surface area contributed by atoms with Gasteiger partial charge in [0.15, 0.2) is 0 Å². The first-order valence-electron chi connectivity index (χ1n) is 2.09. The van der Waals surface area contributed by atoms with Crippen molar-refractivity contribution in [3.8, 4) is 0 Å². The van der Waals surface area contributed by atoms with Gasteiger partial charge in [-0.15, -0.1) is 0 Å². The molecule has 0 bridgehead atoms. The summed E-state index contributed by atoms with van der Waals surface area (Å²) in [5.74, 6) is 0. The molecule has 0 aromatic heterocycles. The van der Waals surface area contributed by atoms with E-state index in [1.165, 1.54) is 0 Å². The Morgan fingerprint density at radius 3 is 0.692 bits per heavy atom. The fraction of sp³-hybridized carbons (Fsp3) is 0. The van der Waals surface area contributed by atoms with E-state index in [1.54, 1.807) is 0 Å². The molecule has 0 aromatic rings. The molecule has 3 amide bonds. The van der Waals surface area contributed by atoms with Crippen LogP contribution < -0.4 is 32.5 Å². The first-order chi connectivity index (χ1) is 5.20. The van der Waals surface area contributed by atoms with Crippen molar-refractivity contribution >= 4 is 35.6 Å². The van der Waals surface area contributed by atoms with Gasteiger partial charge in [-0.05, 0) is 0 Å². The van der Waals surface area contributed by atoms with Crippen LogP contribution in [0.15, 0.2) is 0 Å². The molecule has 72 valence electrons. The Kier molecular flexibility index (Phi) is 29.0. The van der Waals surface area contributed by atoms with Crippen LogP contribution >= 0.6 is 0 Å². The standard InChI is InChI=1S/3CH3NO2.Al/c3*2-1(3)4;/h3*2H2,(H,3,4);/q;;;+3/p-3. The number of carboxylic acid groups (broad SMARTS) is 3. The fourth-order valence-corrected chi connectivity index (χ4v) is 0. The molecule has 6 N–H and O–H groups in total. The molecule has 13 heavy (non-hydrogen) atoms. The second-order valence-corrected chi connectivity index (χ2v) is 0.957. The summed E-state index contributed by atoms with van der Waals surface area (Å²) < 4.78 is 0. The van der Waals surface area contributed by atoms with Gasteiger partial charge in [0.2, 0.25) is 0 Å². The van der Waals surface area contributed by atoms with E-state index < -0.39 is 18.3 Å². The van der Waals surface area contributed by atoms with Crippen LogP contribution in [-0.2, 0) is 0 Å². The van der Waals surface area contributed by atoms with Crippen molar-refractivity contribution in [3.05, 3.63) is 0 Å². The van der Waals surface area contributed by atoms with Gasteiger partial charge in [0.25, 0.3) is 0 Å². The molecule has 0 fully saturated rings. The van der Waals surface area contributed by atoms with E-state index in [1.807, 2.05) is 0 Å². The Bertz CT molecular complexity index is 121. The number of hydrogen-bond donors (Lipinski definition) is 3. The summed E-state index contributed by atoms with van der Waals surface area (Å²) in [5.41, 5.74) is 11.8. The van der Waals surface area contributed by atoms with E-state index >= 15 is 0 Å². The van der Waals surface area contributed by atoms with Crippen LogP contribution in [0.4, 0.5) is 14.4 Å². The van der Waals surface area contributed by atoms with E-state index in [0.29, 0.717) is 0 Å². The van der Waals surface area contributed by atoms with Crippen LogP contribution in [0, 0.1) is 0 Å². The number of amides is 3. The van der Waals surface area contributed by atoms with E-state index in [2.05, 4.69) is 17.2 Å². The molecule has 9 nitrogen and oxygen atoms in total. The molecule has 0 atom stereocenters. The smallest absolute Gasteiger partial charge is 0.530 e. The summed E-state index contributed by atoms with van der Waals surface area (Å²) in [4.78, 5) is 26.0. The molecule has 10 heteroatoms. The minimum atomic E-state index is -1.58. The Balaban J connectivity index is -0.0000000450. The molecular weight excluding hydrogens is 201 g/mol. The zero-order chi connectivity index (χ0) is 10.7. The number of rotatable bonds is 0. The van der Waals surface area contributed by atoms with Crippen LogP contribution in [0.3, 0.4) is 0 Å². The third-order valence-corrected chi connectivity index (χ3v) is 0. The summed E-state index contributed by atoms with van der Waals surface area (Å²) in [6.07, 6.45) is -4.75. The number of nitrogens with two attached hydrogens (primary N) is 3. The van der Waals surface area contributed by atoms with Gasteiger partial charge < -0.3 is 46.9 Å². The summed E-state index contributed by atoms with van der Waals surface area (Å²) in [6, 6.07) is 0. The normalized spacial score (nSPS) is 5.54. The van der Waals surface area contributed by atoms with Crippen molar-refractivity contribution in [2.75, 3.05) is 0 Å². The maximum absolute atomic E-state index is 8.67. The van der Waals surface area contributed by atoms with Gasteiger partial charge in [-0.1, -0.05) is 0 Å². The molecule has 0 radical (unpaired) electrons. The van der Waals surface area contributed by atoms with E-state index in [4.69, 9.17) is 29.7 Å². The molecule has 0 aromatic carbocycles. The minimum absolute atomic E-state index is 0. The second-order valence-electron chi connectivity index (χ2n) is 0.957. The number of carbonyl (C=O) groups is 3. The third kappa shape index (κ3) is 262. The molecule has 0 rings (SSSR count). The monoisotopic (exact) mass is 207 g/mol. The maximum Gasteiger partial charge on any atom is 3.00 e. The van der Waals surface area contributed by atoms with Crippen LogP contribution in [0.25, 0.3) is 0 Å². The largest absolute Gasteiger partial charge is 3.00 e. The molecule has 0 heterocycles. The van der Waals surface area contributed by atoms with Gasteiger partial charge in [-0.2, -0.15) is 0 Å². The number of primary amides is 3. The zero-order valence-corrected chi connectivity index (χ0v) is 7.41. The van der Waals surface area contributed by atoms with Crippen LogP contribution in [0.1, 0.15) is 0 Å². The molecule has 0 unspecified atom stereocenters.